The van der Waals surface area contributed by atoms with Crippen LogP contribution in [0.1, 0.15) is 31.4 Å². The largest absolute Gasteiger partial charge is 0.367 e. The first-order valence-corrected chi connectivity index (χ1v) is 7.91. The van der Waals surface area contributed by atoms with E-state index in [1.165, 1.54) is 25.7 Å². The van der Waals surface area contributed by atoms with Crippen LogP contribution in [0.2, 0.25) is 0 Å². The van der Waals surface area contributed by atoms with Crippen LogP contribution >= 0.6 is 0 Å². The molecule has 1 unspecified atom stereocenters. The molecule has 110 valence electrons. The topological polar surface area (TPSA) is 41.1 Å². The van der Waals surface area contributed by atoms with Gasteiger partial charge in [0.05, 0.1) is 5.52 Å². The highest BCUT2D eigenvalue weighted by atomic mass is 15.2. The molecule has 3 atom stereocenters. The standard InChI is InChI=1S/C17H22N4/c1-11-8-16-15(4-3-7-18-16)17(19-11)20-12-9-13-5-6-14(10-12)21(13)2/h3-4,7-8,12-14H,5-6,9-10H2,1-2H3,(H,19,20)/t12?,13-,14+. The Bertz CT molecular complexity index is 655. The van der Waals surface area contributed by atoms with Crippen molar-refractivity contribution in [1.29, 1.82) is 0 Å². The predicted molar refractivity (Wildman–Crippen MR) is 85.5 cm³/mol. The predicted octanol–water partition coefficient (Wildman–Crippen LogP) is 2.98. The maximum Gasteiger partial charge on any atom is 0.135 e. The first-order valence-electron chi connectivity index (χ1n) is 7.91. The van der Waals surface area contributed by atoms with Gasteiger partial charge in [0.15, 0.2) is 0 Å². The van der Waals surface area contributed by atoms with E-state index in [9.17, 15) is 0 Å². The fourth-order valence-electron chi connectivity index (χ4n) is 4.03. The Labute approximate surface area is 125 Å². The number of aryl methyl sites for hydroxylation is 1. The minimum Gasteiger partial charge on any atom is -0.367 e. The lowest BCUT2D eigenvalue weighted by molar-refractivity contribution is 0.169. The quantitative estimate of drug-likeness (QED) is 0.919. The lowest BCUT2D eigenvalue weighted by Crippen LogP contribution is -2.44. The fourth-order valence-corrected chi connectivity index (χ4v) is 4.03. The summed E-state index contributed by atoms with van der Waals surface area (Å²) in [4.78, 5) is 11.8. The average Bonchev–Trinajstić information content (AvgIpc) is 2.70. The van der Waals surface area contributed by atoms with Gasteiger partial charge in [-0.2, -0.15) is 0 Å². The van der Waals surface area contributed by atoms with Gasteiger partial charge >= 0.3 is 0 Å². The van der Waals surface area contributed by atoms with E-state index in [2.05, 4.69) is 34.4 Å². The summed E-state index contributed by atoms with van der Waals surface area (Å²) in [5.41, 5.74) is 2.06. The molecule has 2 aliphatic heterocycles. The minimum atomic E-state index is 0.538. The van der Waals surface area contributed by atoms with Crippen LogP contribution in [0.15, 0.2) is 24.4 Å². The molecule has 0 radical (unpaired) electrons. The molecule has 21 heavy (non-hydrogen) atoms. The van der Waals surface area contributed by atoms with Crippen LogP contribution in [0, 0.1) is 6.92 Å². The number of hydrogen-bond acceptors (Lipinski definition) is 4. The molecular weight excluding hydrogens is 260 g/mol. The van der Waals surface area contributed by atoms with E-state index in [4.69, 9.17) is 4.98 Å². The number of hydrogen-bond donors (Lipinski definition) is 1. The molecule has 0 amide bonds. The van der Waals surface area contributed by atoms with E-state index < -0.39 is 0 Å². The molecule has 0 aromatic carbocycles. The zero-order chi connectivity index (χ0) is 14.4. The molecule has 0 aliphatic carbocycles. The Balaban J connectivity index is 1.63. The molecule has 4 heteroatoms. The summed E-state index contributed by atoms with van der Waals surface area (Å²) in [5, 5.41) is 4.84. The molecule has 1 N–H and O–H groups in total. The van der Waals surface area contributed by atoms with Gasteiger partial charge in [0.2, 0.25) is 0 Å². The smallest absolute Gasteiger partial charge is 0.135 e. The SMILES string of the molecule is Cc1cc2ncccc2c(NC2C[C@H]3CC[C@@H](C2)N3C)n1. The van der Waals surface area contributed by atoms with Gasteiger partial charge in [-0.15, -0.1) is 0 Å². The monoisotopic (exact) mass is 282 g/mol. The maximum absolute atomic E-state index is 4.72. The van der Waals surface area contributed by atoms with Gasteiger partial charge in [0.25, 0.3) is 0 Å². The third kappa shape index (κ3) is 2.27. The molecule has 2 bridgehead atoms. The van der Waals surface area contributed by atoms with Crippen molar-refractivity contribution in [2.75, 3.05) is 12.4 Å². The van der Waals surface area contributed by atoms with Crippen molar-refractivity contribution >= 4 is 16.7 Å². The summed E-state index contributed by atoms with van der Waals surface area (Å²) in [6.45, 7) is 2.04. The Kier molecular flexibility index (Phi) is 3.07. The number of piperidine rings is 1. The molecule has 4 nitrogen and oxygen atoms in total. The third-order valence-electron chi connectivity index (χ3n) is 5.17. The van der Waals surface area contributed by atoms with Gasteiger partial charge in [0.1, 0.15) is 5.82 Å². The highest BCUT2D eigenvalue weighted by Gasteiger charge is 2.38. The first kappa shape index (κ1) is 13.0. The normalized spacial score (nSPS) is 29.0. The van der Waals surface area contributed by atoms with Crippen molar-refractivity contribution in [2.24, 2.45) is 0 Å². The van der Waals surface area contributed by atoms with Crippen LogP contribution in [-0.2, 0) is 0 Å². The summed E-state index contributed by atoms with van der Waals surface area (Å²) in [5.74, 6) is 1.01. The third-order valence-corrected chi connectivity index (χ3v) is 5.17. The van der Waals surface area contributed by atoms with Gasteiger partial charge in [-0.3, -0.25) is 4.98 Å². The van der Waals surface area contributed by atoms with Crippen molar-refractivity contribution in [2.45, 2.75) is 50.7 Å². The van der Waals surface area contributed by atoms with Gasteiger partial charge in [-0.25, -0.2) is 4.98 Å². The van der Waals surface area contributed by atoms with Crippen LogP contribution in [0.3, 0.4) is 0 Å². The van der Waals surface area contributed by atoms with Crippen molar-refractivity contribution < 1.29 is 0 Å². The molecule has 4 rings (SSSR count). The second-order valence-corrected chi connectivity index (χ2v) is 6.55. The molecule has 2 aromatic rings. The van der Waals surface area contributed by atoms with Gasteiger partial charge < -0.3 is 10.2 Å². The fraction of sp³-hybridized carbons (Fsp3) is 0.529. The van der Waals surface area contributed by atoms with Gasteiger partial charge in [0, 0.05) is 35.4 Å². The summed E-state index contributed by atoms with van der Waals surface area (Å²) < 4.78 is 0. The minimum absolute atomic E-state index is 0.538. The molecule has 0 saturated carbocycles. The number of aromatic nitrogens is 2. The molecular formula is C17H22N4. The number of pyridine rings is 2. The van der Waals surface area contributed by atoms with E-state index >= 15 is 0 Å². The van der Waals surface area contributed by atoms with Crippen molar-refractivity contribution in [3.8, 4) is 0 Å². The molecule has 4 heterocycles. The molecule has 2 aromatic heterocycles. The first-order chi connectivity index (χ1) is 10.2. The number of anilines is 1. The second-order valence-electron chi connectivity index (χ2n) is 6.55. The molecule has 0 spiro atoms. The van der Waals surface area contributed by atoms with Crippen LogP contribution < -0.4 is 5.32 Å². The van der Waals surface area contributed by atoms with E-state index in [0.717, 1.165) is 34.5 Å². The maximum atomic E-state index is 4.72. The average molecular weight is 282 g/mol. The Hall–Kier alpha value is -1.68. The van der Waals surface area contributed by atoms with Crippen LogP contribution in [0.5, 0.6) is 0 Å². The van der Waals surface area contributed by atoms with Crippen LogP contribution in [-0.4, -0.2) is 40.0 Å². The number of rotatable bonds is 2. The van der Waals surface area contributed by atoms with Gasteiger partial charge in [-0.1, -0.05) is 0 Å². The zero-order valence-electron chi connectivity index (χ0n) is 12.7. The molecule has 2 saturated heterocycles. The summed E-state index contributed by atoms with van der Waals surface area (Å²) in [7, 11) is 2.28. The number of fused-ring (bicyclic) bond motifs is 3. The Morgan fingerprint density at radius 1 is 1.24 bits per heavy atom. The van der Waals surface area contributed by atoms with E-state index in [-0.39, 0.29) is 0 Å². The number of nitrogens with zero attached hydrogens (tertiary/aromatic N) is 3. The lowest BCUT2D eigenvalue weighted by Gasteiger charge is -2.37. The van der Waals surface area contributed by atoms with Gasteiger partial charge in [-0.05, 0) is 57.9 Å². The lowest BCUT2D eigenvalue weighted by atomic mass is 9.98. The summed E-state index contributed by atoms with van der Waals surface area (Å²) >= 11 is 0. The summed E-state index contributed by atoms with van der Waals surface area (Å²) in [6.07, 6.45) is 7.00. The zero-order valence-corrected chi connectivity index (χ0v) is 12.7. The molecule has 2 fully saturated rings. The van der Waals surface area contributed by atoms with E-state index in [1.54, 1.807) is 0 Å². The number of nitrogens with one attached hydrogen (secondary N) is 1. The van der Waals surface area contributed by atoms with Crippen LogP contribution in [0.25, 0.3) is 10.9 Å². The molecule has 2 aliphatic rings. The Morgan fingerprint density at radius 3 is 2.76 bits per heavy atom. The van der Waals surface area contributed by atoms with Crippen molar-refractivity contribution in [3.63, 3.8) is 0 Å². The van der Waals surface area contributed by atoms with Crippen LogP contribution in [0.4, 0.5) is 5.82 Å². The highest BCUT2D eigenvalue weighted by molar-refractivity contribution is 5.89. The highest BCUT2D eigenvalue weighted by Crippen LogP contribution is 2.35. The van der Waals surface area contributed by atoms with E-state index in [1.807, 2.05) is 19.2 Å². The van der Waals surface area contributed by atoms with E-state index in [0.29, 0.717) is 6.04 Å². The van der Waals surface area contributed by atoms with Crippen molar-refractivity contribution in [3.05, 3.63) is 30.1 Å². The second kappa shape index (κ2) is 4.95. The Morgan fingerprint density at radius 2 is 2.00 bits per heavy atom. The summed E-state index contributed by atoms with van der Waals surface area (Å²) in [6, 6.07) is 8.19. The van der Waals surface area contributed by atoms with Crippen molar-refractivity contribution in [1.82, 2.24) is 14.9 Å².